The third kappa shape index (κ3) is 7.15. The molecule has 1 aromatic carbocycles. The van der Waals surface area contributed by atoms with Crippen LogP contribution in [0.3, 0.4) is 0 Å². The normalized spacial score (nSPS) is 8.00. The van der Waals surface area contributed by atoms with Gasteiger partial charge in [-0.05, 0) is 12.1 Å². The van der Waals surface area contributed by atoms with Crippen molar-refractivity contribution < 1.29 is 14.7 Å². The van der Waals surface area contributed by atoms with Gasteiger partial charge in [-0.2, -0.15) is 15.4 Å². The highest BCUT2D eigenvalue weighted by molar-refractivity contribution is 7.38. The highest BCUT2D eigenvalue weighted by Crippen LogP contribution is 2.11. The first-order valence-electron chi connectivity index (χ1n) is 3.32. The number of hydrogen-bond acceptors (Lipinski definition) is 8. The van der Waals surface area contributed by atoms with Crippen molar-refractivity contribution in [3.63, 3.8) is 0 Å². The van der Waals surface area contributed by atoms with E-state index in [1.165, 1.54) is 0 Å². The Balaban J connectivity index is -0.000000218. The quantitative estimate of drug-likeness (QED) is 0.330. The summed E-state index contributed by atoms with van der Waals surface area (Å²) >= 11 is 0. The lowest BCUT2D eigenvalue weighted by molar-refractivity contribution is 0.368. The van der Waals surface area contributed by atoms with Crippen molar-refractivity contribution in [2.45, 2.75) is 0 Å². The van der Waals surface area contributed by atoms with Gasteiger partial charge in [-0.15, -0.1) is 0 Å². The number of nitrogens with one attached hydrogen (secondary N) is 1. The Labute approximate surface area is 93.3 Å². The number of fused-ring (bicyclic) bond motifs is 1. The molecule has 1 aromatic heterocycles. The third-order valence-electron chi connectivity index (χ3n) is 1.22. The zero-order chi connectivity index (χ0) is 9.68. The second kappa shape index (κ2) is 10.3. The van der Waals surface area contributed by atoms with Crippen LogP contribution in [0.4, 0.5) is 0 Å². The molecule has 0 aliphatic heterocycles. The lowest BCUT2D eigenvalue weighted by atomic mass is 10.3. The van der Waals surface area contributed by atoms with E-state index in [2.05, 4.69) is 15.4 Å². The number of nitrogens with zero attached hydrogens (tertiary/aromatic N) is 2. The first-order valence-corrected chi connectivity index (χ1v) is 4.52. The molecule has 0 bridgehead atoms. The van der Waals surface area contributed by atoms with Crippen LogP contribution < -0.4 is 18.5 Å². The predicted octanol–water partition coefficient (Wildman–Crippen LogP) is 0.634. The first-order chi connectivity index (χ1) is 6.20. The Bertz CT molecular complexity index is 337. The van der Waals surface area contributed by atoms with Gasteiger partial charge in [-0.25, -0.2) is 0 Å². The molecule has 0 amide bonds. The minimum absolute atomic E-state index is 0. The van der Waals surface area contributed by atoms with Crippen LogP contribution in [0.2, 0.25) is 0 Å². The summed E-state index contributed by atoms with van der Waals surface area (Å²) in [6.45, 7) is 0. The van der Waals surface area contributed by atoms with Gasteiger partial charge >= 0.3 is 8.60 Å². The number of H-pyrrole nitrogens is 1. The molecule has 10 heteroatoms. The summed E-state index contributed by atoms with van der Waals surface area (Å²) in [6, 6.07) is 7.70. The van der Waals surface area contributed by atoms with Crippen LogP contribution in [0.15, 0.2) is 24.3 Å². The van der Waals surface area contributed by atoms with Gasteiger partial charge in [0.05, 0.1) is 0 Å². The molecule has 0 fully saturated rings. The maximum Gasteiger partial charge on any atom is 0.324 e. The molecule has 94 valence electrons. The largest absolute Gasteiger partial charge is 0.344 e. The van der Waals surface area contributed by atoms with Crippen LogP contribution >= 0.6 is 8.60 Å². The molecule has 13 N–H and O–H groups in total. The molecule has 0 unspecified atom stereocenters. The number of aromatic amines is 1. The van der Waals surface area contributed by atoms with E-state index in [4.69, 9.17) is 14.7 Å². The van der Waals surface area contributed by atoms with Crippen molar-refractivity contribution in [2.24, 2.45) is 0 Å². The number of aromatic nitrogens is 3. The summed E-state index contributed by atoms with van der Waals surface area (Å²) in [4.78, 5) is 21.7. The Hall–Kier alpha value is -1.19. The second-order valence-corrected chi connectivity index (χ2v) is 2.62. The summed E-state index contributed by atoms with van der Waals surface area (Å²) in [5.74, 6) is 0. The molecular weight excluding hydrogens is 235 g/mol. The van der Waals surface area contributed by atoms with Gasteiger partial charge in [0.15, 0.2) is 0 Å². The molecule has 0 aliphatic carbocycles. The van der Waals surface area contributed by atoms with Crippen molar-refractivity contribution in [2.75, 3.05) is 0 Å². The predicted molar refractivity (Wildman–Crippen MR) is 62.5 cm³/mol. The van der Waals surface area contributed by atoms with Gasteiger partial charge < -0.3 is 33.1 Å². The summed E-state index contributed by atoms with van der Waals surface area (Å²) < 4.78 is 0. The Morgan fingerprint density at radius 3 is 1.50 bits per heavy atom. The zero-order valence-electron chi connectivity index (χ0n) is 8.61. The van der Waals surface area contributed by atoms with E-state index in [0.29, 0.717) is 0 Å². The van der Waals surface area contributed by atoms with Gasteiger partial charge in [0.25, 0.3) is 0 Å². The fourth-order valence-corrected chi connectivity index (χ4v) is 0.786. The molecule has 0 aliphatic rings. The molecule has 0 radical (unpaired) electrons. The van der Waals surface area contributed by atoms with Gasteiger partial charge in [0, 0.05) is 0 Å². The van der Waals surface area contributed by atoms with E-state index in [0.717, 1.165) is 11.0 Å². The van der Waals surface area contributed by atoms with Crippen molar-refractivity contribution in [1.82, 2.24) is 33.9 Å². The molecule has 2 rings (SSSR count). The minimum Gasteiger partial charge on any atom is -0.344 e. The molecular formula is C6H17N6O3P. The van der Waals surface area contributed by atoms with Gasteiger partial charge in [-0.3, -0.25) is 0 Å². The average molecular weight is 252 g/mol. The molecule has 2 aromatic rings. The number of para-hydroxylation sites is 2. The van der Waals surface area contributed by atoms with Gasteiger partial charge in [0.2, 0.25) is 0 Å². The number of benzene rings is 1. The average Bonchev–Trinajstić information content (AvgIpc) is 2.49. The highest BCUT2D eigenvalue weighted by atomic mass is 31.2. The van der Waals surface area contributed by atoms with Gasteiger partial charge in [0.1, 0.15) is 11.0 Å². The van der Waals surface area contributed by atoms with E-state index in [-0.39, 0.29) is 18.5 Å². The lowest BCUT2D eigenvalue weighted by Crippen LogP contribution is -1.63. The third-order valence-corrected chi connectivity index (χ3v) is 1.22. The summed E-state index contributed by atoms with van der Waals surface area (Å²) in [7, 11) is -2.62. The minimum atomic E-state index is -2.62. The van der Waals surface area contributed by atoms with Crippen molar-refractivity contribution >= 4 is 19.6 Å². The van der Waals surface area contributed by atoms with Crippen LogP contribution in [0.1, 0.15) is 0 Å². The summed E-state index contributed by atoms with van der Waals surface area (Å²) in [5, 5.41) is 10.3. The van der Waals surface area contributed by atoms with E-state index >= 15 is 0 Å². The topological polar surface area (TPSA) is 207 Å². The molecule has 0 spiro atoms. The standard InChI is InChI=1S/C6H5N3.3H3N.H3O3P/c1-2-4-6-5(3-1)7-9-8-6;;;;1-4(2)3/h1-4H,(H,7,8,9);3*1H3;1-3H. The van der Waals surface area contributed by atoms with Gasteiger partial charge in [-0.1, -0.05) is 12.1 Å². The monoisotopic (exact) mass is 252 g/mol. The van der Waals surface area contributed by atoms with E-state index in [1.54, 1.807) is 0 Å². The Morgan fingerprint density at radius 1 is 0.875 bits per heavy atom. The van der Waals surface area contributed by atoms with E-state index < -0.39 is 8.60 Å². The molecule has 0 saturated carbocycles. The van der Waals surface area contributed by atoms with Crippen LogP contribution in [-0.2, 0) is 0 Å². The second-order valence-electron chi connectivity index (χ2n) is 2.08. The molecule has 0 saturated heterocycles. The number of hydrogen-bond donors (Lipinski definition) is 7. The molecule has 9 nitrogen and oxygen atoms in total. The number of rotatable bonds is 0. The molecule has 1 heterocycles. The summed E-state index contributed by atoms with van der Waals surface area (Å²) in [5.41, 5.74) is 1.83. The van der Waals surface area contributed by atoms with Crippen molar-refractivity contribution in [3.05, 3.63) is 24.3 Å². The zero-order valence-corrected chi connectivity index (χ0v) is 9.51. The Kier molecular flexibility index (Phi) is 13.1. The van der Waals surface area contributed by atoms with E-state index in [9.17, 15) is 0 Å². The SMILES string of the molecule is N.N.N.OP(O)O.c1ccc2n[nH]nc2c1. The smallest absolute Gasteiger partial charge is 0.324 e. The van der Waals surface area contributed by atoms with Crippen LogP contribution in [-0.4, -0.2) is 30.1 Å². The van der Waals surface area contributed by atoms with Crippen molar-refractivity contribution in [1.29, 1.82) is 0 Å². The Morgan fingerprint density at radius 2 is 1.19 bits per heavy atom. The van der Waals surface area contributed by atoms with Crippen LogP contribution in [0.25, 0.3) is 11.0 Å². The lowest BCUT2D eigenvalue weighted by Gasteiger charge is -1.78. The molecule has 0 atom stereocenters. The fourth-order valence-electron chi connectivity index (χ4n) is 0.786. The highest BCUT2D eigenvalue weighted by Gasteiger charge is 1.90. The molecule has 16 heavy (non-hydrogen) atoms. The van der Waals surface area contributed by atoms with Crippen LogP contribution in [0, 0.1) is 0 Å². The first kappa shape index (κ1) is 20.3. The summed E-state index contributed by atoms with van der Waals surface area (Å²) in [6.07, 6.45) is 0. The van der Waals surface area contributed by atoms with Crippen molar-refractivity contribution in [3.8, 4) is 0 Å². The maximum absolute atomic E-state index is 7.23. The maximum atomic E-state index is 7.23. The fraction of sp³-hybridized carbons (Fsp3) is 0. The van der Waals surface area contributed by atoms with Crippen LogP contribution in [0.5, 0.6) is 0 Å². The van der Waals surface area contributed by atoms with E-state index in [1.807, 2.05) is 24.3 Å².